The molecule has 2 N–H and O–H groups in total. The summed E-state index contributed by atoms with van der Waals surface area (Å²) in [7, 11) is 1.39. The maximum Gasteiger partial charge on any atom is 0.343 e. The van der Waals surface area contributed by atoms with E-state index in [-0.39, 0.29) is 22.8 Å². The van der Waals surface area contributed by atoms with Crippen LogP contribution in [-0.4, -0.2) is 42.8 Å². The van der Waals surface area contributed by atoms with E-state index >= 15 is 0 Å². The van der Waals surface area contributed by atoms with Gasteiger partial charge in [0.1, 0.15) is 5.69 Å². The van der Waals surface area contributed by atoms with E-state index in [1.165, 1.54) is 38.4 Å². The quantitative estimate of drug-likeness (QED) is 0.0755. The van der Waals surface area contributed by atoms with Gasteiger partial charge in [-0.2, -0.15) is 5.10 Å². The molecule has 0 fully saturated rings. The van der Waals surface area contributed by atoms with Crippen molar-refractivity contribution in [2.75, 3.05) is 13.7 Å². The molecule has 1 amide bonds. The molecule has 0 aliphatic rings. The summed E-state index contributed by atoms with van der Waals surface area (Å²) >= 11 is 6.49. The van der Waals surface area contributed by atoms with Crippen LogP contribution >= 0.6 is 11.6 Å². The number of hydrazone groups is 1. The zero-order valence-electron chi connectivity index (χ0n) is 24.6. The lowest BCUT2D eigenvalue weighted by molar-refractivity contribution is -0.132. The number of fused-ring (bicyclic) bond motifs is 1. The average molecular weight is 626 g/mol. The first-order valence-electron chi connectivity index (χ1n) is 13.8. The Balaban J connectivity index is 1.34. The molecule has 4 aromatic carbocycles. The van der Waals surface area contributed by atoms with Crippen LogP contribution in [0.5, 0.6) is 23.0 Å². The molecule has 228 valence electrons. The predicted molar refractivity (Wildman–Crippen MR) is 171 cm³/mol. The summed E-state index contributed by atoms with van der Waals surface area (Å²) in [6, 6.07) is 24.0. The highest BCUT2D eigenvalue weighted by Crippen LogP contribution is 2.37. The Kier molecular flexibility index (Phi) is 9.45. The summed E-state index contributed by atoms with van der Waals surface area (Å²) in [6.45, 7) is 3.36. The number of hydrogen-bond donors (Lipinski definition) is 2. The Labute approximate surface area is 263 Å². The molecule has 5 aromatic rings. The van der Waals surface area contributed by atoms with Crippen LogP contribution in [0.3, 0.4) is 0 Å². The molecule has 0 bridgehead atoms. The minimum absolute atomic E-state index is 0.173. The van der Waals surface area contributed by atoms with Crippen molar-refractivity contribution < 1.29 is 33.3 Å². The Hall–Kier alpha value is -5.61. The number of nitrogens with one attached hydrogen (secondary N) is 2. The van der Waals surface area contributed by atoms with Gasteiger partial charge in [-0.15, -0.1) is 0 Å². The van der Waals surface area contributed by atoms with E-state index in [1.54, 1.807) is 31.2 Å². The molecule has 11 heteroatoms. The van der Waals surface area contributed by atoms with Crippen molar-refractivity contribution in [3.63, 3.8) is 0 Å². The highest BCUT2D eigenvalue weighted by atomic mass is 35.5. The first-order valence-corrected chi connectivity index (χ1v) is 14.2. The number of hydrogen-bond acceptors (Lipinski definition) is 8. The van der Waals surface area contributed by atoms with Crippen LogP contribution in [-0.2, 0) is 4.79 Å². The van der Waals surface area contributed by atoms with E-state index < -0.39 is 17.8 Å². The molecule has 0 atom stereocenters. The standard InChI is InChI=1S/C34H28ClN3O7/c1-4-43-30-17-21(13-15-28(30)45-34(41)22-14-16-27(44-20(2)39)29(18-22)42-3)19-36-38-33(40)32-31(23-9-5-7-11-25(23)35)24-10-6-8-12-26(24)37-32/h5-19,37H,4H2,1-3H3,(H,38,40). The minimum Gasteiger partial charge on any atom is -0.493 e. The molecule has 0 radical (unpaired) electrons. The summed E-state index contributed by atoms with van der Waals surface area (Å²) in [5.41, 5.74) is 5.81. The molecule has 0 saturated heterocycles. The highest BCUT2D eigenvalue weighted by molar-refractivity contribution is 6.34. The van der Waals surface area contributed by atoms with Crippen molar-refractivity contribution in [2.24, 2.45) is 5.10 Å². The molecular formula is C34H28ClN3O7. The van der Waals surface area contributed by atoms with Crippen molar-refractivity contribution in [3.05, 3.63) is 107 Å². The Morgan fingerprint density at radius 2 is 1.62 bits per heavy atom. The van der Waals surface area contributed by atoms with Crippen LogP contribution in [0.1, 0.15) is 40.3 Å². The molecule has 5 rings (SSSR count). The third-order valence-corrected chi connectivity index (χ3v) is 6.91. The number of carbonyl (C=O) groups is 3. The maximum atomic E-state index is 13.3. The van der Waals surface area contributed by atoms with Gasteiger partial charge in [0, 0.05) is 34.0 Å². The molecule has 10 nitrogen and oxygen atoms in total. The van der Waals surface area contributed by atoms with Crippen LogP contribution in [0.4, 0.5) is 0 Å². The number of aromatic amines is 1. The van der Waals surface area contributed by atoms with Gasteiger partial charge >= 0.3 is 11.9 Å². The zero-order valence-corrected chi connectivity index (χ0v) is 25.3. The van der Waals surface area contributed by atoms with Gasteiger partial charge in [-0.1, -0.05) is 48.0 Å². The fraction of sp³-hybridized carbons (Fsp3) is 0.118. The maximum absolute atomic E-state index is 13.3. The van der Waals surface area contributed by atoms with Gasteiger partial charge in [0.2, 0.25) is 0 Å². The molecule has 1 heterocycles. The number of H-pyrrole nitrogens is 1. The fourth-order valence-corrected chi connectivity index (χ4v) is 4.86. The second-order valence-electron chi connectivity index (χ2n) is 9.59. The molecule has 0 aliphatic carbocycles. The molecule has 0 saturated carbocycles. The van der Waals surface area contributed by atoms with Gasteiger partial charge in [-0.3, -0.25) is 9.59 Å². The topological polar surface area (TPSA) is 128 Å². The van der Waals surface area contributed by atoms with Crippen LogP contribution in [0.2, 0.25) is 5.02 Å². The number of halogens is 1. The minimum atomic E-state index is -0.676. The number of para-hydroxylation sites is 1. The predicted octanol–water partition coefficient (Wildman–Crippen LogP) is 6.80. The van der Waals surface area contributed by atoms with Crippen molar-refractivity contribution in [1.29, 1.82) is 0 Å². The number of esters is 2. The first kappa shape index (κ1) is 30.8. The second kappa shape index (κ2) is 13.8. The second-order valence-corrected chi connectivity index (χ2v) is 9.99. The van der Waals surface area contributed by atoms with Crippen molar-refractivity contribution in [2.45, 2.75) is 13.8 Å². The largest absolute Gasteiger partial charge is 0.493 e. The van der Waals surface area contributed by atoms with E-state index in [0.717, 1.165) is 16.5 Å². The van der Waals surface area contributed by atoms with Crippen LogP contribution in [0, 0.1) is 0 Å². The van der Waals surface area contributed by atoms with E-state index in [4.69, 9.17) is 30.5 Å². The molecule has 0 spiro atoms. The number of carbonyl (C=O) groups excluding carboxylic acids is 3. The molecule has 0 aliphatic heterocycles. The van der Waals surface area contributed by atoms with E-state index in [9.17, 15) is 14.4 Å². The van der Waals surface area contributed by atoms with Crippen molar-refractivity contribution in [1.82, 2.24) is 10.4 Å². The third kappa shape index (κ3) is 6.97. The normalized spacial score (nSPS) is 10.9. The highest BCUT2D eigenvalue weighted by Gasteiger charge is 2.21. The number of aromatic nitrogens is 1. The number of rotatable bonds is 10. The molecule has 0 unspecified atom stereocenters. The summed E-state index contributed by atoms with van der Waals surface area (Å²) in [5, 5.41) is 5.51. The summed E-state index contributed by atoms with van der Waals surface area (Å²) in [4.78, 5) is 40.7. The van der Waals surface area contributed by atoms with Gasteiger partial charge in [-0.05, 0) is 61.0 Å². The number of nitrogens with zero attached hydrogens (tertiary/aromatic N) is 1. The lowest BCUT2D eigenvalue weighted by atomic mass is 10.0. The lowest BCUT2D eigenvalue weighted by Gasteiger charge is -2.13. The summed E-state index contributed by atoms with van der Waals surface area (Å²) in [6.07, 6.45) is 1.45. The van der Waals surface area contributed by atoms with E-state index in [0.29, 0.717) is 34.2 Å². The molecule has 45 heavy (non-hydrogen) atoms. The van der Waals surface area contributed by atoms with Gasteiger partial charge < -0.3 is 23.9 Å². The SMILES string of the molecule is CCOc1cc(C=NNC(=O)c2[nH]c3ccccc3c2-c2ccccc2Cl)ccc1OC(=O)c1ccc(OC(C)=O)c(OC)c1. The summed E-state index contributed by atoms with van der Waals surface area (Å²) < 4.78 is 21.6. The molecular weight excluding hydrogens is 598 g/mol. The zero-order chi connectivity index (χ0) is 31.9. The number of benzene rings is 4. The summed E-state index contributed by atoms with van der Waals surface area (Å²) in [5.74, 6) is -0.808. The Morgan fingerprint density at radius 1 is 0.889 bits per heavy atom. The number of amides is 1. The Bertz CT molecular complexity index is 1930. The van der Waals surface area contributed by atoms with Crippen LogP contribution < -0.4 is 24.4 Å². The smallest absolute Gasteiger partial charge is 0.343 e. The van der Waals surface area contributed by atoms with E-state index in [1.807, 2.05) is 42.5 Å². The van der Waals surface area contributed by atoms with Gasteiger partial charge in [-0.25, -0.2) is 10.2 Å². The van der Waals surface area contributed by atoms with Gasteiger partial charge in [0.25, 0.3) is 5.91 Å². The van der Waals surface area contributed by atoms with E-state index in [2.05, 4.69) is 15.5 Å². The van der Waals surface area contributed by atoms with Crippen molar-refractivity contribution in [3.8, 4) is 34.1 Å². The molecule has 1 aromatic heterocycles. The fourth-order valence-electron chi connectivity index (χ4n) is 4.63. The monoisotopic (exact) mass is 625 g/mol. The number of ether oxygens (including phenoxy) is 4. The van der Waals surface area contributed by atoms with Gasteiger partial charge in [0.15, 0.2) is 23.0 Å². The first-order chi connectivity index (χ1) is 21.8. The lowest BCUT2D eigenvalue weighted by Crippen LogP contribution is -2.19. The van der Waals surface area contributed by atoms with Crippen LogP contribution in [0.25, 0.3) is 22.0 Å². The van der Waals surface area contributed by atoms with Crippen LogP contribution in [0.15, 0.2) is 90.0 Å². The average Bonchev–Trinajstić information content (AvgIpc) is 3.42. The number of methoxy groups -OCH3 is 1. The Morgan fingerprint density at radius 3 is 2.38 bits per heavy atom. The third-order valence-electron chi connectivity index (χ3n) is 6.58. The van der Waals surface area contributed by atoms with Crippen molar-refractivity contribution >= 4 is 46.6 Å². The van der Waals surface area contributed by atoms with Gasteiger partial charge in [0.05, 0.1) is 25.5 Å².